The van der Waals surface area contributed by atoms with Gasteiger partial charge in [-0.15, -0.1) is 22.7 Å². The van der Waals surface area contributed by atoms with Crippen LogP contribution in [0.25, 0.3) is 0 Å². The van der Waals surface area contributed by atoms with Gasteiger partial charge in [-0.3, -0.25) is 9.59 Å². The van der Waals surface area contributed by atoms with Gasteiger partial charge in [-0.1, -0.05) is 6.07 Å². The van der Waals surface area contributed by atoms with Crippen molar-refractivity contribution in [3.8, 4) is 0 Å². The van der Waals surface area contributed by atoms with Crippen molar-refractivity contribution < 1.29 is 9.59 Å². The van der Waals surface area contributed by atoms with Crippen LogP contribution in [-0.4, -0.2) is 18.9 Å². The van der Waals surface area contributed by atoms with Gasteiger partial charge in [0.2, 0.25) is 0 Å². The summed E-state index contributed by atoms with van der Waals surface area (Å²) in [5.74, 6) is -0.984. The van der Waals surface area contributed by atoms with Gasteiger partial charge in [0, 0.05) is 11.9 Å². The summed E-state index contributed by atoms with van der Waals surface area (Å²) in [5.41, 5.74) is 11.5. The van der Waals surface area contributed by atoms with E-state index in [2.05, 4.69) is 10.6 Å². The summed E-state index contributed by atoms with van der Waals surface area (Å²) in [6.07, 6.45) is 0. The Kier molecular flexibility index (Phi) is 4.26. The average molecular weight is 310 g/mol. The Morgan fingerprint density at radius 3 is 2.70 bits per heavy atom. The van der Waals surface area contributed by atoms with Crippen molar-refractivity contribution in [3.63, 3.8) is 0 Å². The van der Waals surface area contributed by atoms with Crippen molar-refractivity contribution in [1.29, 1.82) is 0 Å². The standard InChI is InChI=1S/C12H14N4O2S2/c1-15-11(18)9-8(13)7(10(14)17)12(20-9)16-5-6-3-2-4-19-6/h2-4,16H,5,13H2,1H3,(H2,14,17)(H,15,18). The van der Waals surface area contributed by atoms with Gasteiger partial charge in [-0.2, -0.15) is 0 Å². The maximum Gasteiger partial charge on any atom is 0.263 e. The highest BCUT2D eigenvalue weighted by Crippen LogP contribution is 2.35. The summed E-state index contributed by atoms with van der Waals surface area (Å²) >= 11 is 2.72. The van der Waals surface area contributed by atoms with Crippen molar-refractivity contribution in [3.05, 3.63) is 32.8 Å². The Bertz CT molecular complexity index is 634. The second-order valence-corrected chi connectivity index (χ2v) is 5.98. The number of thiophene rings is 2. The first-order valence-electron chi connectivity index (χ1n) is 5.75. The third kappa shape index (κ3) is 2.75. The molecule has 0 aliphatic rings. The van der Waals surface area contributed by atoms with Gasteiger partial charge >= 0.3 is 0 Å². The van der Waals surface area contributed by atoms with Crippen LogP contribution in [0.2, 0.25) is 0 Å². The monoisotopic (exact) mass is 310 g/mol. The van der Waals surface area contributed by atoms with Crippen molar-refractivity contribution in [2.24, 2.45) is 5.73 Å². The summed E-state index contributed by atoms with van der Waals surface area (Å²) in [4.78, 5) is 24.6. The highest BCUT2D eigenvalue weighted by Gasteiger charge is 2.23. The molecule has 0 radical (unpaired) electrons. The molecule has 20 heavy (non-hydrogen) atoms. The van der Waals surface area contributed by atoms with Gasteiger partial charge < -0.3 is 22.1 Å². The van der Waals surface area contributed by atoms with Gasteiger partial charge in [0.15, 0.2) is 0 Å². The van der Waals surface area contributed by atoms with E-state index in [1.54, 1.807) is 11.3 Å². The molecule has 6 N–H and O–H groups in total. The van der Waals surface area contributed by atoms with E-state index in [0.29, 0.717) is 11.5 Å². The van der Waals surface area contributed by atoms with Crippen LogP contribution in [0.5, 0.6) is 0 Å². The van der Waals surface area contributed by atoms with Gasteiger partial charge in [-0.05, 0) is 11.4 Å². The molecular formula is C12H14N4O2S2. The Labute approximate surface area is 123 Å². The Morgan fingerprint density at radius 2 is 2.15 bits per heavy atom. The number of rotatable bonds is 5. The largest absolute Gasteiger partial charge is 0.397 e. The van der Waals surface area contributed by atoms with Crippen molar-refractivity contribution >= 4 is 45.2 Å². The van der Waals surface area contributed by atoms with Crippen LogP contribution in [0.1, 0.15) is 24.9 Å². The van der Waals surface area contributed by atoms with Crippen molar-refractivity contribution in [2.45, 2.75) is 6.54 Å². The predicted octanol–water partition coefficient (Wildman–Crippen LogP) is 1.46. The fraction of sp³-hybridized carbons (Fsp3) is 0.167. The second-order valence-electron chi connectivity index (χ2n) is 3.93. The fourth-order valence-electron chi connectivity index (χ4n) is 1.68. The number of primary amides is 1. The van der Waals surface area contributed by atoms with E-state index in [-0.39, 0.29) is 22.0 Å². The summed E-state index contributed by atoms with van der Waals surface area (Å²) in [5, 5.41) is 8.07. The van der Waals surface area contributed by atoms with Crippen LogP contribution in [0.4, 0.5) is 10.7 Å². The minimum atomic E-state index is -0.650. The number of nitrogen functional groups attached to an aromatic ring is 1. The Morgan fingerprint density at radius 1 is 1.40 bits per heavy atom. The first kappa shape index (κ1) is 14.4. The van der Waals surface area contributed by atoms with Crippen molar-refractivity contribution in [2.75, 3.05) is 18.1 Å². The molecule has 8 heteroatoms. The summed E-state index contributed by atoms with van der Waals surface area (Å²) < 4.78 is 0. The maximum absolute atomic E-state index is 11.7. The smallest absolute Gasteiger partial charge is 0.263 e. The third-order valence-corrected chi connectivity index (χ3v) is 4.67. The fourth-order valence-corrected chi connectivity index (χ4v) is 3.39. The Balaban J connectivity index is 2.31. The van der Waals surface area contributed by atoms with E-state index < -0.39 is 5.91 Å². The zero-order chi connectivity index (χ0) is 14.7. The first-order valence-corrected chi connectivity index (χ1v) is 7.44. The molecule has 0 aliphatic heterocycles. The number of amides is 2. The van der Waals surface area contributed by atoms with Crippen LogP contribution < -0.4 is 22.1 Å². The molecule has 0 aliphatic carbocycles. The highest BCUT2D eigenvalue weighted by molar-refractivity contribution is 7.19. The lowest BCUT2D eigenvalue weighted by molar-refractivity contribution is 0.0967. The average Bonchev–Trinajstić information content (AvgIpc) is 3.02. The number of carbonyl (C=O) groups is 2. The lowest BCUT2D eigenvalue weighted by Crippen LogP contribution is -2.19. The van der Waals surface area contributed by atoms with E-state index in [1.165, 1.54) is 7.05 Å². The molecule has 0 aromatic carbocycles. The molecule has 0 atom stereocenters. The molecule has 2 heterocycles. The van der Waals surface area contributed by atoms with Gasteiger partial charge in [0.1, 0.15) is 9.88 Å². The quantitative estimate of drug-likeness (QED) is 0.670. The number of nitrogens with one attached hydrogen (secondary N) is 2. The maximum atomic E-state index is 11.7. The summed E-state index contributed by atoms with van der Waals surface area (Å²) in [7, 11) is 1.50. The molecule has 0 fully saturated rings. The molecule has 2 aromatic rings. The van der Waals surface area contributed by atoms with E-state index >= 15 is 0 Å². The summed E-state index contributed by atoms with van der Waals surface area (Å²) in [6, 6.07) is 3.91. The van der Waals surface area contributed by atoms with Crippen LogP contribution in [0.3, 0.4) is 0 Å². The first-order chi connectivity index (χ1) is 9.54. The highest BCUT2D eigenvalue weighted by atomic mass is 32.1. The molecule has 0 unspecified atom stereocenters. The normalized spacial score (nSPS) is 10.2. The molecule has 0 spiro atoms. The van der Waals surface area contributed by atoms with Gasteiger partial charge in [0.25, 0.3) is 11.8 Å². The summed E-state index contributed by atoms with van der Waals surface area (Å²) in [6.45, 7) is 0.547. The van der Waals surface area contributed by atoms with Crippen LogP contribution >= 0.6 is 22.7 Å². The molecule has 0 bridgehead atoms. The molecule has 0 saturated carbocycles. The van der Waals surface area contributed by atoms with E-state index in [0.717, 1.165) is 16.2 Å². The van der Waals surface area contributed by atoms with E-state index in [1.807, 2.05) is 17.5 Å². The number of nitrogens with two attached hydrogens (primary N) is 2. The van der Waals surface area contributed by atoms with E-state index in [4.69, 9.17) is 11.5 Å². The van der Waals surface area contributed by atoms with Gasteiger partial charge in [0.05, 0.1) is 17.8 Å². The lowest BCUT2D eigenvalue weighted by atomic mass is 10.2. The number of carbonyl (C=O) groups excluding carboxylic acids is 2. The van der Waals surface area contributed by atoms with Crippen LogP contribution in [0.15, 0.2) is 17.5 Å². The molecule has 106 valence electrons. The topological polar surface area (TPSA) is 110 Å². The zero-order valence-corrected chi connectivity index (χ0v) is 12.4. The van der Waals surface area contributed by atoms with Crippen LogP contribution in [0, 0.1) is 0 Å². The number of anilines is 2. The third-order valence-electron chi connectivity index (χ3n) is 2.63. The minimum absolute atomic E-state index is 0.121. The molecule has 2 amide bonds. The molecule has 6 nitrogen and oxygen atoms in total. The number of hydrogen-bond acceptors (Lipinski definition) is 6. The molecule has 0 saturated heterocycles. The molecule has 2 aromatic heterocycles. The zero-order valence-electron chi connectivity index (χ0n) is 10.7. The SMILES string of the molecule is CNC(=O)c1sc(NCc2cccs2)c(C(N)=O)c1N. The van der Waals surface area contributed by atoms with Crippen molar-refractivity contribution in [1.82, 2.24) is 5.32 Å². The lowest BCUT2D eigenvalue weighted by Gasteiger charge is -2.04. The van der Waals surface area contributed by atoms with Crippen LogP contribution in [-0.2, 0) is 6.54 Å². The predicted molar refractivity (Wildman–Crippen MR) is 82.3 cm³/mol. The Hall–Kier alpha value is -2.06. The van der Waals surface area contributed by atoms with E-state index in [9.17, 15) is 9.59 Å². The second kappa shape index (κ2) is 5.93. The van der Waals surface area contributed by atoms with Gasteiger partial charge in [-0.25, -0.2) is 0 Å². The number of hydrogen-bond donors (Lipinski definition) is 4. The molecule has 2 rings (SSSR count). The minimum Gasteiger partial charge on any atom is -0.397 e. The molecular weight excluding hydrogens is 296 g/mol.